The average Bonchev–Trinajstić information content (AvgIpc) is 2.95. The van der Waals surface area contributed by atoms with Gasteiger partial charge in [0.15, 0.2) is 0 Å². The van der Waals surface area contributed by atoms with Crippen molar-refractivity contribution in [3.05, 3.63) is 106 Å². The summed E-state index contributed by atoms with van der Waals surface area (Å²) in [5.41, 5.74) is 4.28. The maximum Gasteiger partial charge on any atom is 0.243 e. The standard InChI is InChI=1S/C34H41ClN2O2/c1-25(2)28-20-17-26(18-21-28)19-22-33(38)37(24-29-13-9-10-16-31(29)35)32(23-27-11-5-3-6-12-27)34(39)36-30-14-7-4-8-15-30/h3,5-6,9-13,16-18,20-21,25,30,32H,4,7-8,14-15,19,22-24H2,1-2H3,(H,36,39). The lowest BCUT2D eigenvalue weighted by Crippen LogP contribution is -2.53. The van der Waals surface area contributed by atoms with Crippen molar-refractivity contribution in [1.82, 2.24) is 10.2 Å². The average molecular weight is 545 g/mol. The van der Waals surface area contributed by atoms with Crippen molar-refractivity contribution in [2.75, 3.05) is 0 Å². The van der Waals surface area contributed by atoms with Gasteiger partial charge in [-0.05, 0) is 53.5 Å². The first-order chi connectivity index (χ1) is 18.9. The minimum absolute atomic E-state index is 0.0393. The molecule has 4 rings (SSSR count). The molecule has 1 atom stereocenters. The van der Waals surface area contributed by atoms with Gasteiger partial charge in [-0.3, -0.25) is 9.59 Å². The van der Waals surface area contributed by atoms with Gasteiger partial charge in [-0.25, -0.2) is 0 Å². The minimum atomic E-state index is -0.624. The highest BCUT2D eigenvalue weighted by Crippen LogP contribution is 2.23. The monoisotopic (exact) mass is 544 g/mol. The van der Waals surface area contributed by atoms with Crippen molar-refractivity contribution in [3.8, 4) is 0 Å². The quantitative estimate of drug-likeness (QED) is 0.272. The summed E-state index contributed by atoms with van der Waals surface area (Å²) in [7, 11) is 0. The third-order valence-corrected chi connectivity index (χ3v) is 8.16. The molecule has 206 valence electrons. The summed E-state index contributed by atoms with van der Waals surface area (Å²) < 4.78 is 0. The van der Waals surface area contributed by atoms with Crippen LogP contribution in [0.15, 0.2) is 78.9 Å². The van der Waals surface area contributed by atoms with Gasteiger partial charge in [-0.15, -0.1) is 0 Å². The highest BCUT2D eigenvalue weighted by molar-refractivity contribution is 6.31. The summed E-state index contributed by atoms with van der Waals surface area (Å²) in [5, 5.41) is 3.90. The number of hydrogen-bond donors (Lipinski definition) is 1. The molecular formula is C34H41ClN2O2. The van der Waals surface area contributed by atoms with Crippen LogP contribution < -0.4 is 5.32 Å². The molecule has 1 saturated carbocycles. The van der Waals surface area contributed by atoms with E-state index in [1.54, 1.807) is 4.90 Å². The third kappa shape index (κ3) is 8.44. The zero-order valence-electron chi connectivity index (χ0n) is 23.2. The first kappa shape index (κ1) is 28.9. The summed E-state index contributed by atoms with van der Waals surface area (Å²) in [6.45, 7) is 4.65. The summed E-state index contributed by atoms with van der Waals surface area (Å²) in [5.74, 6) is 0.350. The molecule has 1 unspecified atom stereocenters. The van der Waals surface area contributed by atoms with Crippen LogP contribution >= 0.6 is 11.6 Å². The zero-order chi connectivity index (χ0) is 27.6. The van der Waals surface area contributed by atoms with E-state index in [2.05, 4.69) is 43.4 Å². The van der Waals surface area contributed by atoms with E-state index >= 15 is 0 Å². The summed E-state index contributed by atoms with van der Waals surface area (Å²) in [6.07, 6.45) is 6.88. The SMILES string of the molecule is CC(C)c1ccc(CCC(=O)N(Cc2ccccc2Cl)C(Cc2ccccc2)C(=O)NC2CCCCC2)cc1. The second-order valence-electron chi connectivity index (χ2n) is 11.1. The molecule has 0 bridgehead atoms. The van der Waals surface area contributed by atoms with Gasteiger partial charge in [0.2, 0.25) is 11.8 Å². The third-order valence-electron chi connectivity index (χ3n) is 7.80. The number of hydrogen-bond acceptors (Lipinski definition) is 2. The molecule has 1 aliphatic rings. The first-order valence-corrected chi connectivity index (χ1v) is 14.7. The van der Waals surface area contributed by atoms with E-state index in [0.717, 1.165) is 42.4 Å². The fourth-order valence-corrected chi connectivity index (χ4v) is 5.57. The normalized spacial score (nSPS) is 14.7. The highest BCUT2D eigenvalue weighted by Gasteiger charge is 2.32. The van der Waals surface area contributed by atoms with Gasteiger partial charge in [0.05, 0.1) is 0 Å². The minimum Gasteiger partial charge on any atom is -0.352 e. The molecule has 0 saturated heterocycles. The Balaban J connectivity index is 1.59. The second-order valence-corrected chi connectivity index (χ2v) is 11.5. The Hall–Kier alpha value is -3.11. The molecule has 0 radical (unpaired) electrons. The van der Waals surface area contributed by atoms with E-state index in [1.165, 1.54) is 12.0 Å². The first-order valence-electron chi connectivity index (χ1n) is 14.4. The number of nitrogens with zero attached hydrogens (tertiary/aromatic N) is 1. The van der Waals surface area contributed by atoms with Gasteiger partial charge in [-0.2, -0.15) is 0 Å². The van der Waals surface area contributed by atoms with Crippen molar-refractivity contribution in [1.29, 1.82) is 0 Å². The Kier molecular flexibility index (Phi) is 10.6. The Bertz CT molecular complexity index is 1200. The van der Waals surface area contributed by atoms with Crippen LogP contribution in [0.1, 0.15) is 80.5 Å². The van der Waals surface area contributed by atoms with Crippen LogP contribution in [-0.2, 0) is 29.0 Å². The van der Waals surface area contributed by atoms with Crippen LogP contribution in [0.3, 0.4) is 0 Å². The zero-order valence-corrected chi connectivity index (χ0v) is 24.0. The number of nitrogens with one attached hydrogen (secondary N) is 1. The molecule has 0 aromatic heterocycles. The molecule has 3 aromatic carbocycles. The lowest BCUT2D eigenvalue weighted by atomic mass is 9.94. The van der Waals surface area contributed by atoms with Gasteiger partial charge in [0, 0.05) is 30.5 Å². The van der Waals surface area contributed by atoms with E-state index in [-0.39, 0.29) is 17.9 Å². The van der Waals surface area contributed by atoms with Gasteiger partial charge in [-0.1, -0.05) is 118 Å². The van der Waals surface area contributed by atoms with Gasteiger partial charge < -0.3 is 10.2 Å². The number of amides is 2. The van der Waals surface area contributed by atoms with Gasteiger partial charge >= 0.3 is 0 Å². The molecule has 4 nitrogen and oxygen atoms in total. The molecule has 0 heterocycles. The smallest absolute Gasteiger partial charge is 0.243 e. The van der Waals surface area contributed by atoms with E-state index < -0.39 is 6.04 Å². The van der Waals surface area contributed by atoms with Crippen molar-refractivity contribution in [2.45, 2.75) is 89.8 Å². The van der Waals surface area contributed by atoms with E-state index in [1.807, 2.05) is 54.6 Å². The molecule has 1 aliphatic carbocycles. The van der Waals surface area contributed by atoms with Gasteiger partial charge in [0.25, 0.3) is 0 Å². The predicted molar refractivity (Wildman–Crippen MR) is 160 cm³/mol. The second kappa shape index (κ2) is 14.3. The maximum atomic E-state index is 13.9. The Morgan fingerprint density at radius 3 is 2.21 bits per heavy atom. The van der Waals surface area contributed by atoms with Crippen LogP contribution in [0, 0.1) is 0 Å². The molecule has 3 aromatic rings. The lowest BCUT2D eigenvalue weighted by molar-refractivity contribution is -0.141. The van der Waals surface area contributed by atoms with Crippen molar-refractivity contribution in [2.24, 2.45) is 0 Å². The van der Waals surface area contributed by atoms with Crippen LogP contribution in [0.25, 0.3) is 0 Å². The van der Waals surface area contributed by atoms with E-state index in [4.69, 9.17) is 11.6 Å². The molecule has 0 spiro atoms. The summed E-state index contributed by atoms with van der Waals surface area (Å²) in [6, 6.07) is 25.6. The van der Waals surface area contributed by atoms with Crippen molar-refractivity contribution in [3.63, 3.8) is 0 Å². The van der Waals surface area contributed by atoms with Crippen LogP contribution in [0.5, 0.6) is 0 Å². The van der Waals surface area contributed by atoms with Gasteiger partial charge in [0.1, 0.15) is 6.04 Å². The largest absolute Gasteiger partial charge is 0.352 e. The Labute approximate surface area is 238 Å². The number of aryl methyl sites for hydroxylation is 1. The summed E-state index contributed by atoms with van der Waals surface area (Å²) >= 11 is 6.55. The van der Waals surface area contributed by atoms with Crippen LogP contribution in [-0.4, -0.2) is 28.8 Å². The maximum absolute atomic E-state index is 13.9. The lowest BCUT2D eigenvalue weighted by Gasteiger charge is -2.33. The van der Waals surface area contributed by atoms with Crippen molar-refractivity contribution < 1.29 is 9.59 Å². The van der Waals surface area contributed by atoms with Crippen LogP contribution in [0.4, 0.5) is 0 Å². The highest BCUT2D eigenvalue weighted by atomic mass is 35.5. The topological polar surface area (TPSA) is 49.4 Å². The predicted octanol–water partition coefficient (Wildman–Crippen LogP) is 7.49. The number of carbonyl (C=O) groups is 2. The van der Waals surface area contributed by atoms with E-state index in [0.29, 0.717) is 36.7 Å². The number of rotatable bonds is 11. The molecule has 39 heavy (non-hydrogen) atoms. The molecule has 1 N–H and O–H groups in total. The van der Waals surface area contributed by atoms with Crippen molar-refractivity contribution >= 4 is 23.4 Å². The molecule has 5 heteroatoms. The summed E-state index contributed by atoms with van der Waals surface area (Å²) in [4.78, 5) is 29.6. The molecule has 2 amide bonds. The number of carbonyl (C=O) groups excluding carboxylic acids is 2. The Morgan fingerprint density at radius 1 is 0.872 bits per heavy atom. The number of halogens is 1. The molecular weight excluding hydrogens is 504 g/mol. The Morgan fingerprint density at radius 2 is 1.54 bits per heavy atom. The molecule has 0 aliphatic heterocycles. The van der Waals surface area contributed by atoms with E-state index in [9.17, 15) is 9.59 Å². The number of benzene rings is 3. The molecule has 1 fully saturated rings. The fourth-order valence-electron chi connectivity index (χ4n) is 5.37. The van der Waals surface area contributed by atoms with Crippen LogP contribution in [0.2, 0.25) is 5.02 Å². The fraction of sp³-hybridized carbons (Fsp3) is 0.412.